The smallest absolute Gasteiger partial charge is 0.231 e. The zero-order valence-electron chi connectivity index (χ0n) is 17.0. The van der Waals surface area contributed by atoms with Crippen LogP contribution >= 0.6 is 11.3 Å². The summed E-state index contributed by atoms with van der Waals surface area (Å²) in [5, 5.41) is 13.3. The van der Waals surface area contributed by atoms with Crippen LogP contribution in [0.3, 0.4) is 0 Å². The first-order valence-electron chi connectivity index (χ1n) is 10.1. The molecular weight excluding hydrogens is 400 g/mol. The highest BCUT2D eigenvalue weighted by Crippen LogP contribution is 2.31. The maximum absolute atomic E-state index is 11.1. The van der Waals surface area contributed by atoms with Crippen LogP contribution < -0.4 is 10.2 Å². The summed E-state index contributed by atoms with van der Waals surface area (Å²) in [6.45, 7) is 5.38. The molecule has 0 bridgehead atoms. The van der Waals surface area contributed by atoms with Crippen LogP contribution in [-0.4, -0.2) is 71.3 Å². The number of piperazine rings is 1. The monoisotopic (exact) mass is 426 g/mol. The van der Waals surface area contributed by atoms with Crippen molar-refractivity contribution in [2.45, 2.75) is 13.0 Å². The molecule has 8 heteroatoms. The molecule has 3 aromatic rings. The number of hydrogen-bond donors (Lipinski definition) is 2. The van der Waals surface area contributed by atoms with E-state index in [-0.39, 0.29) is 12.5 Å². The number of nitrogens with zero attached hydrogens (tertiary/aromatic N) is 3. The van der Waals surface area contributed by atoms with Gasteiger partial charge in [-0.05, 0) is 12.1 Å². The van der Waals surface area contributed by atoms with Gasteiger partial charge in [-0.1, -0.05) is 30.3 Å². The van der Waals surface area contributed by atoms with E-state index < -0.39 is 6.10 Å². The molecule has 1 fully saturated rings. The zero-order valence-corrected chi connectivity index (χ0v) is 17.8. The highest BCUT2D eigenvalue weighted by molar-refractivity contribution is 7.21. The zero-order chi connectivity index (χ0) is 20.9. The molecule has 2 aromatic carbocycles. The van der Waals surface area contributed by atoms with E-state index in [1.807, 2.05) is 41.4 Å². The summed E-state index contributed by atoms with van der Waals surface area (Å²) in [7, 11) is 0. The lowest BCUT2D eigenvalue weighted by Gasteiger charge is -2.35. The number of carbonyl (C=O) groups excluding carboxylic acids is 1. The van der Waals surface area contributed by atoms with Crippen molar-refractivity contribution in [1.29, 1.82) is 0 Å². The Hall–Kier alpha value is -2.52. The number of thiazole rings is 1. The second-order valence-electron chi connectivity index (χ2n) is 7.44. The van der Waals surface area contributed by atoms with Crippen LogP contribution in [0.2, 0.25) is 0 Å². The van der Waals surface area contributed by atoms with Crippen molar-refractivity contribution >= 4 is 27.5 Å². The molecule has 2 N–H and O–H groups in total. The molecular formula is C22H26N4O3S. The van der Waals surface area contributed by atoms with Gasteiger partial charge < -0.3 is 9.84 Å². The van der Waals surface area contributed by atoms with E-state index >= 15 is 0 Å². The van der Waals surface area contributed by atoms with Crippen LogP contribution in [0.4, 0.5) is 0 Å². The number of nitrogens with one attached hydrogen (secondary N) is 1. The van der Waals surface area contributed by atoms with Crippen LogP contribution in [0.25, 0.3) is 20.8 Å². The van der Waals surface area contributed by atoms with Gasteiger partial charge in [-0.15, -0.1) is 11.3 Å². The highest BCUT2D eigenvalue weighted by atomic mass is 32.1. The number of hydrazine groups is 1. The molecule has 1 unspecified atom stereocenters. The number of aliphatic hydroxyl groups excluding tert-OH is 1. The minimum Gasteiger partial charge on any atom is -0.491 e. The lowest BCUT2D eigenvalue weighted by molar-refractivity contribution is -0.124. The second-order valence-corrected chi connectivity index (χ2v) is 8.47. The number of β-amino-alcohol motifs (C(OH)–C–C–N with tert-alkyl or cyclic N) is 1. The van der Waals surface area contributed by atoms with Crippen molar-refractivity contribution in [3.05, 3.63) is 48.5 Å². The fraction of sp³-hybridized carbons (Fsp3) is 0.364. The number of carbonyl (C=O) groups is 1. The normalized spacial score (nSPS) is 16.5. The van der Waals surface area contributed by atoms with Gasteiger partial charge in [-0.25, -0.2) is 9.99 Å². The number of aliphatic hydroxyl groups is 1. The largest absolute Gasteiger partial charge is 0.491 e. The van der Waals surface area contributed by atoms with Crippen molar-refractivity contribution in [2.24, 2.45) is 0 Å². The lowest BCUT2D eigenvalue weighted by atomic mass is 10.2. The van der Waals surface area contributed by atoms with E-state index in [4.69, 9.17) is 9.72 Å². The van der Waals surface area contributed by atoms with Crippen molar-refractivity contribution in [3.8, 4) is 16.3 Å². The molecule has 7 nitrogen and oxygen atoms in total. The quantitative estimate of drug-likeness (QED) is 0.604. The Balaban J connectivity index is 1.29. The first-order chi connectivity index (χ1) is 14.6. The molecule has 1 aliphatic rings. The number of amides is 1. The van der Waals surface area contributed by atoms with Gasteiger partial charge in [-0.2, -0.15) is 0 Å². The van der Waals surface area contributed by atoms with Gasteiger partial charge in [0.15, 0.2) is 0 Å². The highest BCUT2D eigenvalue weighted by Gasteiger charge is 2.20. The third-order valence-electron chi connectivity index (χ3n) is 4.98. The Labute approximate surface area is 179 Å². The molecule has 1 saturated heterocycles. The Morgan fingerprint density at radius 1 is 1.20 bits per heavy atom. The number of aromatic nitrogens is 1. The van der Waals surface area contributed by atoms with E-state index in [1.165, 1.54) is 6.92 Å². The third kappa shape index (κ3) is 5.34. The topological polar surface area (TPSA) is 77.9 Å². The lowest BCUT2D eigenvalue weighted by Crippen LogP contribution is -2.54. The molecule has 1 amide bonds. The summed E-state index contributed by atoms with van der Waals surface area (Å²) in [5.74, 6) is 0.659. The van der Waals surface area contributed by atoms with E-state index in [9.17, 15) is 9.90 Å². The summed E-state index contributed by atoms with van der Waals surface area (Å²) in [4.78, 5) is 18.0. The summed E-state index contributed by atoms with van der Waals surface area (Å²) in [5.41, 5.74) is 4.81. The first kappa shape index (κ1) is 20.7. The van der Waals surface area contributed by atoms with Crippen LogP contribution in [0, 0.1) is 0 Å². The SMILES string of the molecule is CC(=O)NN1CCN(CC(O)COc2ccc3sc(-c4ccccc4)nc3c2)CC1. The van der Waals surface area contributed by atoms with Gasteiger partial charge in [0.25, 0.3) is 0 Å². The van der Waals surface area contributed by atoms with Crippen LogP contribution in [0.15, 0.2) is 48.5 Å². The number of fused-ring (bicyclic) bond motifs is 1. The summed E-state index contributed by atoms with van der Waals surface area (Å²) < 4.78 is 6.94. The Kier molecular flexibility index (Phi) is 6.59. The van der Waals surface area contributed by atoms with E-state index in [1.54, 1.807) is 11.3 Å². The molecule has 0 spiro atoms. The van der Waals surface area contributed by atoms with Crippen molar-refractivity contribution in [3.63, 3.8) is 0 Å². The number of rotatable bonds is 7. The predicted octanol–water partition coefficient (Wildman–Crippen LogP) is 2.37. The average Bonchev–Trinajstić information content (AvgIpc) is 3.17. The maximum atomic E-state index is 11.1. The first-order valence-corrected chi connectivity index (χ1v) is 10.9. The second kappa shape index (κ2) is 9.53. The molecule has 1 aliphatic heterocycles. The summed E-state index contributed by atoms with van der Waals surface area (Å²) >= 11 is 1.66. The molecule has 158 valence electrons. The van der Waals surface area contributed by atoms with Crippen LogP contribution in [-0.2, 0) is 4.79 Å². The van der Waals surface area contributed by atoms with E-state index in [2.05, 4.69) is 22.5 Å². The van der Waals surface area contributed by atoms with Crippen LogP contribution in [0.1, 0.15) is 6.92 Å². The summed E-state index contributed by atoms with van der Waals surface area (Å²) in [6.07, 6.45) is -0.580. The fourth-order valence-electron chi connectivity index (χ4n) is 3.51. The molecule has 30 heavy (non-hydrogen) atoms. The Morgan fingerprint density at radius 3 is 2.70 bits per heavy atom. The number of hydrogen-bond acceptors (Lipinski definition) is 7. The molecule has 0 saturated carbocycles. The summed E-state index contributed by atoms with van der Waals surface area (Å²) in [6, 6.07) is 16.0. The molecule has 1 aromatic heterocycles. The molecule has 1 atom stereocenters. The number of ether oxygens (including phenoxy) is 1. The minimum atomic E-state index is -0.580. The Bertz CT molecular complexity index is 986. The van der Waals surface area contributed by atoms with Crippen molar-refractivity contribution < 1.29 is 14.6 Å². The molecule has 4 rings (SSSR count). The van der Waals surface area contributed by atoms with Crippen molar-refractivity contribution in [1.82, 2.24) is 20.3 Å². The van der Waals surface area contributed by atoms with Gasteiger partial charge in [0.2, 0.25) is 5.91 Å². The molecule has 2 heterocycles. The van der Waals surface area contributed by atoms with Gasteiger partial charge in [0.1, 0.15) is 23.5 Å². The van der Waals surface area contributed by atoms with Crippen molar-refractivity contribution in [2.75, 3.05) is 39.3 Å². The molecule has 0 aliphatic carbocycles. The van der Waals surface area contributed by atoms with Gasteiger partial charge >= 0.3 is 0 Å². The fourth-order valence-corrected chi connectivity index (χ4v) is 4.46. The molecule has 0 radical (unpaired) electrons. The van der Waals surface area contributed by atoms with Crippen LogP contribution in [0.5, 0.6) is 5.75 Å². The van der Waals surface area contributed by atoms with E-state index in [0.717, 1.165) is 47.0 Å². The third-order valence-corrected chi connectivity index (χ3v) is 6.06. The maximum Gasteiger partial charge on any atom is 0.231 e. The van der Waals surface area contributed by atoms with E-state index in [0.29, 0.717) is 12.3 Å². The standard InChI is InChI=1S/C22H26N4O3S/c1-16(27)24-26-11-9-25(10-12-26)14-18(28)15-29-19-7-8-21-20(13-19)23-22(30-21)17-5-3-2-4-6-17/h2-8,13,18,28H,9-12,14-15H2,1H3,(H,24,27). The number of benzene rings is 2. The van der Waals surface area contributed by atoms with Gasteiger partial charge in [0, 0.05) is 51.3 Å². The Morgan fingerprint density at radius 2 is 1.97 bits per heavy atom. The van der Waals surface area contributed by atoms with Gasteiger partial charge in [0.05, 0.1) is 10.2 Å². The predicted molar refractivity (Wildman–Crippen MR) is 118 cm³/mol. The average molecular weight is 427 g/mol. The minimum absolute atomic E-state index is 0.0511. The van der Waals surface area contributed by atoms with Gasteiger partial charge in [-0.3, -0.25) is 15.1 Å².